The highest BCUT2D eigenvalue weighted by Crippen LogP contribution is 2.25. The molecule has 0 bridgehead atoms. The Kier molecular flexibility index (Phi) is 5.89. The van der Waals surface area contributed by atoms with Gasteiger partial charge in [0.2, 0.25) is 5.91 Å². The molecule has 0 radical (unpaired) electrons. The third-order valence-electron chi connectivity index (χ3n) is 5.15. The average molecular weight is 353 g/mol. The highest BCUT2D eigenvalue weighted by molar-refractivity contribution is 5.91. The molecule has 1 aliphatic heterocycles. The van der Waals surface area contributed by atoms with Crippen molar-refractivity contribution in [3.8, 4) is 0 Å². The van der Waals surface area contributed by atoms with Crippen LogP contribution in [0.4, 0.5) is 0 Å². The van der Waals surface area contributed by atoms with Gasteiger partial charge in [0, 0.05) is 39.5 Å². The monoisotopic (exact) mass is 353 g/mol. The molecular weight excluding hydrogens is 326 g/mol. The van der Waals surface area contributed by atoms with Gasteiger partial charge in [0.15, 0.2) is 0 Å². The highest BCUT2D eigenvalue weighted by atomic mass is 16.5. The van der Waals surface area contributed by atoms with Gasteiger partial charge in [0.25, 0.3) is 0 Å². The van der Waals surface area contributed by atoms with Crippen LogP contribution >= 0.6 is 0 Å². The summed E-state index contributed by atoms with van der Waals surface area (Å²) in [4.78, 5) is 14.4. The van der Waals surface area contributed by atoms with E-state index in [4.69, 9.17) is 4.74 Å². The summed E-state index contributed by atoms with van der Waals surface area (Å²) in [6.45, 7) is 3.53. The van der Waals surface area contributed by atoms with Crippen LogP contribution in [0.3, 0.4) is 0 Å². The zero-order valence-electron chi connectivity index (χ0n) is 15.8. The van der Waals surface area contributed by atoms with Crippen molar-refractivity contribution < 1.29 is 9.53 Å². The molecule has 5 nitrogen and oxygen atoms in total. The molecule has 1 aromatic carbocycles. The number of aromatic nitrogens is 2. The Bertz CT molecular complexity index is 781. The number of carbonyl (C=O) groups excluding carboxylic acids is 1. The number of ether oxygens (including phenoxy) is 1. The molecule has 0 spiro atoms. The second-order valence-electron chi connectivity index (χ2n) is 7.01. The van der Waals surface area contributed by atoms with Crippen LogP contribution in [0.5, 0.6) is 0 Å². The zero-order valence-corrected chi connectivity index (χ0v) is 15.8. The second-order valence-corrected chi connectivity index (χ2v) is 7.01. The van der Waals surface area contributed by atoms with Gasteiger partial charge in [0.1, 0.15) is 0 Å². The van der Waals surface area contributed by atoms with Crippen molar-refractivity contribution in [3.05, 3.63) is 59.4 Å². The van der Waals surface area contributed by atoms with Gasteiger partial charge in [-0.15, -0.1) is 0 Å². The summed E-state index contributed by atoms with van der Waals surface area (Å²) >= 11 is 0. The van der Waals surface area contributed by atoms with Gasteiger partial charge in [-0.3, -0.25) is 9.48 Å². The Morgan fingerprint density at radius 3 is 2.92 bits per heavy atom. The second kappa shape index (κ2) is 8.32. The van der Waals surface area contributed by atoms with Gasteiger partial charge in [-0.1, -0.05) is 29.8 Å². The lowest BCUT2D eigenvalue weighted by molar-refractivity contribution is -0.131. The molecule has 1 aliphatic rings. The first-order chi connectivity index (χ1) is 12.6. The minimum Gasteiger partial charge on any atom is -0.379 e. The number of nitrogens with zero attached hydrogens (tertiary/aromatic N) is 3. The number of benzene rings is 1. The number of methoxy groups -OCH3 is 1. The molecule has 1 saturated heterocycles. The van der Waals surface area contributed by atoms with E-state index in [1.165, 1.54) is 11.1 Å². The molecule has 1 aromatic heterocycles. The normalized spacial score (nSPS) is 20.7. The molecule has 0 N–H and O–H groups in total. The number of hydrogen-bond acceptors (Lipinski definition) is 3. The van der Waals surface area contributed by atoms with Crippen molar-refractivity contribution in [3.63, 3.8) is 0 Å². The van der Waals surface area contributed by atoms with Crippen LogP contribution in [0, 0.1) is 12.8 Å². The molecule has 0 unspecified atom stereocenters. The van der Waals surface area contributed by atoms with Crippen molar-refractivity contribution in [2.45, 2.75) is 25.9 Å². The van der Waals surface area contributed by atoms with Crippen LogP contribution in [0.25, 0.3) is 6.08 Å². The predicted octanol–water partition coefficient (Wildman–Crippen LogP) is 2.85. The molecule has 138 valence electrons. The summed E-state index contributed by atoms with van der Waals surface area (Å²) in [5, 5.41) is 4.11. The van der Waals surface area contributed by atoms with Crippen LogP contribution in [0.15, 0.2) is 42.6 Å². The minimum atomic E-state index is 0.0299. The fraction of sp³-hybridized carbons (Fsp3) is 0.429. The smallest absolute Gasteiger partial charge is 0.246 e. The van der Waals surface area contributed by atoms with E-state index in [0.29, 0.717) is 12.5 Å². The standard InChI is InChI=1S/C21H27N3O2/c1-16-5-4-6-17(13-16)14-18-10-12-24(15-20(18)26-3)21(25)8-7-19-9-11-22-23(19)2/h4-9,11,13,18,20H,10,12,14-15H2,1-3H3/b8-7+/t18-,20+/m1/s1. The molecule has 0 saturated carbocycles. The van der Waals surface area contributed by atoms with Gasteiger partial charge >= 0.3 is 0 Å². The number of amides is 1. The van der Waals surface area contributed by atoms with E-state index in [1.807, 2.05) is 24.1 Å². The van der Waals surface area contributed by atoms with Crippen molar-refractivity contribution in [1.29, 1.82) is 0 Å². The molecule has 0 aliphatic carbocycles. The van der Waals surface area contributed by atoms with Gasteiger partial charge in [-0.05, 0) is 43.4 Å². The third kappa shape index (κ3) is 4.41. The lowest BCUT2D eigenvalue weighted by Gasteiger charge is -2.37. The fourth-order valence-corrected chi connectivity index (χ4v) is 3.62. The zero-order chi connectivity index (χ0) is 18.5. The summed E-state index contributed by atoms with van der Waals surface area (Å²) in [5.41, 5.74) is 3.54. The summed E-state index contributed by atoms with van der Waals surface area (Å²) in [6, 6.07) is 10.5. The quantitative estimate of drug-likeness (QED) is 0.777. The van der Waals surface area contributed by atoms with E-state index in [9.17, 15) is 4.79 Å². The maximum atomic E-state index is 12.5. The lowest BCUT2D eigenvalue weighted by Crippen LogP contribution is -2.47. The number of carbonyl (C=O) groups is 1. The number of piperidine rings is 1. The Labute approximate surface area is 155 Å². The van der Waals surface area contributed by atoms with Gasteiger partial charge < -0.3 is 9.64 Å². The van der Waals surface area contributed by atoms with E-state index >= 15 is 0 Å². The van der Waals surface area contributed by atoms with Gasteiger partial charge in [0.05, 0.1) is 11.8 Å². The van der Waals surface area contributed by atoms with Crippen molar-refractivity contribution in [1.82, 2.24) is 14.7 Å². The number of rotatable bonds is 5. The largest absolute Gasteiger partial charge is 0.379 e. The van der Waals surface area contributed by atoms with Crippen molar-refractivity contribution >= 4 is 12.0 Å². The van der Waals surface area contributed by atoms with Gasteiger partial charge in [-0.25, -0.2) is 0 Å². The highest BCUT2D eigenvalue weighted by Gasteiger charge is 2.30. The SMILES string of the molecule is CO[C@H]1CN(C(=O)/C=C/c2ccnn2C)CC[C@@H]1Cc1cccc(C)c1. The van der Waals surface area contributed by atoms with E-state index in [2.05, 4.69) is 36.3 Å². The summed E-state index contributed by atoms with van der Waals surface area (Å²) in [6.07, 6.45) is 7.19. The van der Waals surface area contributed by atoms with Crippen LogP contribution in [-0.4, -0.2) is 46.9 Å². The van der Waals surface area contributed by atoms with E-state index in [1.54, 1.807) is 24.1 Å². The molecule has 2 atom stereocenters. The molecule has 2 heterocycles. The van der Waals surface area contributed by atoms with E-state index in [0.717, 1.165) is 25.1 Å². The fourth-order valence-electron chi connectivity index (χ4n) is 3.62. The summed E-state index contributed by atoms with van der Waals surface area (Å²) in [5.74, 6) is 0.467. The number of likely N-dealkylation sites (tertiary alicyclic amines) is 1. The molecule has 5 heteroatoms. The van der Waals surface area contributed by atoms with E-state index < -0.39 is 0 Å². The van der Waals surface area contributed by atoms with Crippen LogP contribution in [0.1, 0.15) is 23.2 Å². The molecule has 1 fully saturated rings. The summed E-state index contributed by atoms with van der Waals surface area (Å²) in [7, 11) is 3.61. The Hall–Kier alpha value is -2.40. The minimum absolute atomic E-state index is 0.0299. The molecule has 1 amide bonds. The average Bonchev–Trinajstić information content (AvgIpc) is 3.05. The van der Waals surface area contributed by atoms with E-state index in [-0.39, 0.29) is 12.0 Å². The Balaban J connectivity index is 1.61. The predicted molar refractivity (Wildman–Crippen MR) is 103 cm³/mol. The van der Waals surface area contributed by atoms with Crippen molar-refractivity contribution in [2.24, 2.45) is 13.0 Å². The van der Waals surface area contributed by atoms with Crippen LogP contribution < -0.4 is 0 Å². The molecule has 2 aromatic rings. The van der Waals surface area contributed by atoms with Crippen LogP contribution in [0.2, 0.25) is 0 Å². The van der Waals surface area contributed by atoms with Crippen LogP contribution in [-0.2, 0) is 23.0 Å². The number of hydrogen-bond donors (Lipinski definition) is 0. The third-order valence-corrected chi connectivity index (χ3v) is 5.15. The Morgan fingerprint density at radius 1 is 1.38 bits per heavy atom. The lowest BCUT2D eigenvalue weighted by atomic mass is 9.87. The Morgan fingerprint density at radius 2 is 2.23 bits per heavy atom. The first-order valence-corrected chi connectivity index (χ1v) is 9.10. The number of aryl methyl sites for hydroxylation is 2. The molecular formula is C21H27N3O2. The molecule has 26 heavy (non-hydrogen) atoms. The van der Waals surface area contributed by atoms with Gasteiger partial charge in [-0.2, -0.15) is 5.10 Å². The summed E-state index contributed by atoms with van der Waals surface area (Å²) < 4.78 is 7.47. The first kappa shape index (κ1) is 18.4. The topological polar surface area (TPSA) is 47.4 Å². The maximum Gasteiger partial charge on any atom is 0.246 e. The first-order valence-electron chi connectivity index (χ1n) is 9.10. The van der Waals surface area contributed by atoms with Crippen molar-refractivity contribution in [2.75, 3.05) is 20.2 Å². The molecule has 3 rings (SSSR count). The maximum absolute atomic E-state index is 12.5.